The smallest absolute Gasteiger partial charge is 0.488 e. The molecule has 1 aromatic rings. The molecule has 4 heteroatoms. The molecule has 18 heavy (non-hydrogen) atoms. The van der Waals surface area contributed by atoms with Crippen LogP contribution in [0.3, 0.4) is 0 Å². The van der Waals surface area contributed by atoms with Crippen molar-refractivity contribution in [3.8, 4) is 5.75 Å². The first kappa shape index (κ1) is 13.4. The summed E-state index contributed by atoms with van der Waals surface area (Å²) in [6.07, 6.45) is 6.24. The van der Waals surface area contributed by atoms with Gasteiger partial charge in [-0.2, -0.15) is 0 Å². The van der Waals surface area contributed by atoms with Crippen LogP contribution in [0, 0.1) is 5.92 Å². The third-order valence-electron chi connectivity index (χ3n) is 3.77. The van der Waals surface area contributed by atoms with Crippen LogP contribution >= 0.6 is 0 Å². The highest BCUT2D eigenvalue weighted by molar-refractivity contribution is 6.58. The van der Waals surface area contributed by atoms with Crippen molar-refractivity contribution in [3.63, 3.8) is 0 Å². The molecule has 0 radical (unpaired) electrons. The monoisotopic (exact) mass is 248 g/mol. The zero-order chi connectivity index (χ0) is 13.0. The highest BCUT2D eigenvalue weighted by Gasteiger charge is 2.22. The van der Waals surface area contributed by atoms with Crippen molar-refractivity contribution < 1.29 is 14.8 Å². The van der Waals surface area contributed by atoms with E-state index in [-0.39, 0.29) is 6.10 Å². The molecule has 1 aliphatic rings. The average Bonchev–Trinajstić information content (AvgIpc) is 2.39. The summed E-state index contributed by atoms with van der Waals surface area (Å²) in [4.78, 5) is 0. The van der Waals surface area contributed by atoms with Crippen molar-refractivity contribution in [1.29, 1.82) is 0 Å². The minimum Gasteiger partial charge on any atom is -0.490 e. The minimum atomic E-state index is -1.43. The predicted molar refractivity (Wildman–Crippen MR) is 72.9 cm³/mol. The Hall–Kier alpha value is -0.995. The lowest BCUT2D eigenvalue weighted by atomic mass is 9.80. The van der Waals surface area contributed by atoms with E-state index < -0.39 is 7.12 Å². The van der Waals surface area contributed by atoms with Crippen LogP contribution in [0.4, 0.5) is 0 Å². The zero-order valence-corrected chi connectivity index (χ0v) is 10.9. The van der Waals surface area contributed by atoms with Crippen LogP contribution in [0.2, 0.25) is 0 Å². The third kappa shape index (κ3) is 3.50. The summed E-state index contributed by atoms with van der Waals surface area (Å²) >= 11 is 0. The molecule has 0 aliphatic heterocycles. The van der Waals surface area contributed by atoms with E-state index in [0.29, 0.717) is 5.46 Å². The molecular formula is C14H21BO3. The van der Waals surface area contributed by atoms with E-state index in [9.17, 15) is 0 Å². The maximum Gasteiger partial charge on any atom is 0.488 e. The highest BCUT2D eigenvalue weighted by atomic mass is 16.5. The second kappa shape index (κ2) is 6.25. The maximum absolute atomic E-state index is 9.13. The largest absolute Gasteiger partial charge is 0.490 e. The standard InChI is InChI=1S/C14H21BO3/c1-2-11-5-3-7-13(9-11)18-14-8-4-6-12(10-14)15(16)17/h4,6,8,10-11,13,16-17H,2-3,5,7,9H2,1H3. The Morgan fingerprint density at radius 2 is 2.17 bits per heavy atom. The highest BCUT2D eigenvalue weighted by Crippen LogP contribution is 2.29. The summed E-state index contributed by atoms with van der Waals surface area (Å²) in [5, 5.41) is 18.3. The molecule has 1 aliphatic carbocycles. The van der Waals surface area contributed by atoms with Crippen molar-refractivity contribution in [3.05, 3.63) is 24.3 Å². The van der Waals surface area contributed by atoms with Crippen LogP contribution in [0.25, 0.3) is 0 Å². The summed E-state index contributed by atoms with van der Waals surface area (Å²) in [5.41, 5.74) is 0.482. The molecular weight excluding hydrogens is 227 g/mol. The number of rotatable bonds is 4. The van der Waals surface area contributed by atoms with E-state index in [0.717, 1.165) is 24.5 Å². The Balaban J connectivity index is 1.98. The zero-order valence-electron chi connectivity index (χ0n) is 10.9. The quantitative estimate of drug-likeness (QED) is 0.797. The van der Waals surface area contributed by atoms with Gasteiger partial charge in [0.25, 0.3) is 0 Å². The fraction of sp³-hybridized carbons (Fsp3) is 0.571. The first-order chi connectivity index (χ1) is 8.69. The van der Waals surface area contributed by atoms with Crippen LogP contribution < -0.4 is 10.2 Å². The lowest BCUT2D eigenvalue weighted by molar-refractivity contribution is 0.122. The molecule has 98 valence electrons. The van der Waals surface area contributed by atoms with E-state index in [4.69, 9.17) is 14.8 Å². The van der Waals surface area contributed by atoms with Gasteiger partial charge in [-0.15, -0.1) is 0 Å². The second-order valence-corrected chi connectivity index (χ2v) is 5.13. The summed E-state index contributed by atoms with van der Waals surface area (Å²) in [6, 6.07) is 7.07. The Morgan fingerprint density at radius 3 is 2.89 bits per heavy atom. The van der Waals surface area contributed by atoms with E-state index in [1.807, 2.05) is 6.07 Å². The van der Waals surface area contributed by atoms with Gasteiger partial charge in [-0.3, -0.25) is 0 Å². The molecule has 0 saturated heterocycles. The second-order valence-electron chi connectivity index (χ2n) is 5.13. The van der Waals surface area contributed by atoms with Gasteiger partial charge in [0.1, 0.15) is 5.75 Å². The molecule has 1 aromatic carbocycles. The van der Waals surface area contributed by atoms with Gasteiger partial charge in [-0.25, -0.2) is 0 Å². The molecule has 2 atom stereocenters. The van der Waals surface area contributed by atoms with E-state index in [1.165, 1.54) is 19.3 Å². The van der Waals surface area contributed by atoms with Gasteiger partial charge in [-0.05, 0) is 42.8 Å². The molecule has 2 rings (SSSR count). The normalized spacial score (nSPS) is 23.7. The summed E-state index contributed by atoms with van der Waals surface area (Å²) < 4.78 is 5.96. The molecule has 0 spiro atoms. The Bertz CT molecular complexity index is 381. The molecule has 3 nitrogen and oxygen atoms in total. The van der Waals surface area contributed by atoms with Crippen molar-refractivity contribution in [2.24, 2.45) is 5.92 Å². The predicted octanol–water partition coefficient (Wildman–Crippen LogP) is 1.71. The molecule has 0 bridgehead atoms. The maximum atomic E-state index is 9.13. The number of hydrogen-bond acceptors (Lipinski definition) is 3. The van der Waals surface area contributed by atoms with Crippen molar-refractivity contribution >= 4 is 12.6 Å². The molecule has 0 aromatic heterocycles. The van der Waals surface area contributed by atoms with Crippen molar-refractivity contribution in [2.75, 3.05) is 0 Å². The van der Waals surface area contributed by atoms with Gasteiger partial charge in [0.2, 0.25) is 0 Å². The van der Waals surface area contributed by atoms with E-state index in [1.54, 1.807) is 18.2 Å². The first-order valence-electron chi connectivity index (χ1n) is 6.81. The van der Waals surface area contributed by atoms with Crippen LogP contribution in [0.5, 0.6) is 5.75 Å². The number of ether oxygens (including phenoxy) is 1. The lowest BCUT2D eigenvalue weighted by Crippen LogP contribution is -2.30. The summed E-state index contributed by atoms with van der Waals surface area (Å²) in [7, 11) is -1.43. The number of hydrogen-bond donors (Lipinski definition) is 2. The van der Waals surface area contributed by atoms with Crippen LogP contribution in [-0.2, 0) is 0 Å². The fourth-order valence-electron chi connectivity index (χ4n) is 2.66. The Labute approximate surface area is 109 Å². The van der Waals surface area contributed by atoms with Crippen molar-refractivity contribution in [1.82, 2.24) is 0 Å². The van der Waals surface area contributed by atoms with Gasteiger partial charge in [0.05, 0.1) is 6.10 Å². The molecule has 0 amide bonds. The average molecular weight is 248 g/mol. The first-order valence-corrected chi connectivity index (χ1v) is 6.81. The van der Waals surface area contributed by atoms with Gasteiger partial charge in [0, 0.05) is 0 Å². The van der Waals surface area contributed by atoms with Crippen LogP contribution in [0.1, 0.15) is 39.0 Å². The van der Waals surface area contributed by atoms with Crippen molar-refractivity contribution in [2.45, 2.75) is 45.1 Å². The van der Waals surface area contributed by atoms with Crippen LogP contribution in [0.15, 0.2) is 24.3 Å². The lowest BCUT2D eigenvalue weighted by Gasteiger charge is -2.29. The SMILES string of the molecule is CCC1CCCC(Oc2cccc(B(O)O)c2)C1. The van der Waals surface area contributed by atoms with Gasteiger partial charge in [0.15, 0.2) is 0 Å². The minimum absolute atomic E-state index is 0.273. The fourth-order valence-corrected chi connectivity index (χ4v) is 2.66. The molecule has 0 heterocycles. The Kier molecular flexibility index (Phi) is 4.67. The Morgan fingerprint density at radius 1 is 1.33 bits per heavy atom. The molecule has 2 N–H and O–H groups in total. The summed E-state index contributed by atoms with van der Waals surface area (Å²) in [6.45, 7) is 2.23. The molecule has 1 saturated carbocycles. The van der Waals surface area contributed by atoms with Gasteiger partial charge >= 0.3 is 7.12 Å². The number of benzene rings is 1. The van der Waals surface area contributed by atoms with Crippen LogP contribution in [-0.4, -0.2) is 23.3 Å². The van der Waals surface area contributed by atoms with E-state index >= 15 is 0 Å². The van der Waals surface area contributed by atoms with E-state index in [2.05, 4.69) is 6.92 Å². The molecule has 1 fully saturated rings. The van der Waals surface area contributed by atoms with Gasteiger partial charge in [-0.1, -0.05) is 31.9 Å². The topological polar surface area (TPSA) is 49.7 Å². The van der Waals surface area contributed by atoms with Gasteiger partial charge < -0.3 is 14.8 Å². The summed E-state index contributed by atoms with van der Waals surface area (Å²) in [5.74, 6) is 1.51. The molecule has 2 unspecified atom stereocenters. The third-order valence-corrected chi connectivity index (χ3v) is 3.77.